The molecule has 2 N–H and O–H groups in total. The summed E-state index contributed by atoms with van der Waals surface area (Å²) in [6, 6.07) is 16.6. The fraction of sp³-hybridized carbons (Fsp3) is 0.480. The Labute approximate surface area is 214 Å². The lowest BCUT2D eigenvalue weighted by Gasteiger charge is -2.30. The summed E-state index contributed by atoms with van der Waals surface area (Å²) in [4.78, 5) is 7.20. The van der Waals surface area contributed by atoms with E-state index in [0.29, 0.717) is 13.1 Å². The second-order valence-electron chi connectivity index (χ2n) is 7.57. The van der Waals surface area contributed by atoms with Crippen molar-refractivity contribution in [3.8, 4) is 5.75 Å². The van der Waals surface area contributed by atoms with Crippen LogP contribution in [0.5, 0.6) is 5.75 Å². The zero-order chi connectivity index (χ0) is 22.4. The predicted octanol–water partition coefficient (Wildman–Crippen LogP) is 3.81. The number of hydrogen-bond acceptors (Lipinski definition) is 5. The normalized spacial score (nSPS) is 13.9. The van der Waals surface area contributed by atoms with Gasteiger partial charge in [-0.1, -0.05) is 30.3 Å². The number of halogens is 1. The Kier molecular flexibility index (Phi) is 13.0. The van der Waals surface area contributed by atoms with Crippen molar-refractivity contribution in [2.75, 3.05) is 58.1 Å². The van der Waals surface area contributed by atoms with Crippen molar-refractivity contribution in [3.63, 3.8) is 0 Å². The molecule has 1 aliphatic heterocycles. The molecule has 8 heteroatoms. The van der Waals surface area contributed by atoms with Crippen molar-refractivity contribution in [1.29, 1.82) is 0 Å². The topological polar surface area (TPSA) is 67.3 Å². The van der Waals surface area contributed by atoms with Gasteiger partial charge < -0.3 is 29.7 Å². The second-order valence-corrected chi connectivity index (χ2v) is 7.57. The molecule has 0 spiro atoms. The van der Waals surface area contributed by atoms with Gasteiger partial charge in [-0.3, -0.25) is 0 Å². The van der Waals surface area contributed by atoms with E-state index in [9.17, 15) is 0 Å². The first-order valence-corrected chi connectivity index (χ1v) is 11.4. The highest BCUT2D eigenvalue weighted by molar-refractivity contribution is 14.0. The number of rotatable bonds is 11. The number of hydrogen-bond donors (Lipinski definition) is 2. The number of guanidine groups is 1. The highest BCUT2D eigenvalue weighted by atomic mass is 127. The van der Waals surface area contributed by atoms with Crippen molar-refractivity contribution in [2.45, 2.75) is 26.4 Å². The van der Waals surface area contributed by atoms with Crippen LogP contribution < -0.4 is 20.3 Å². The third-order valence-electron chi connectivity index (χ3n) is 5.33. The van der Waals surface area contributed by atoms with Crippen LogP contribution in [0.15, 0.2) is 53.5 Å². The maximum absolute atomic E-state index is 5.52. The molecule has 3 rings (SSSR count). The van der Waals surface area contributed by atoms with E-state index in [2.05, 4.69) is 39.8 Å². The van der Waals surface area contributed by atoms with Crippen molar-refractivity contribution < 1.29 is 14.2 Å². The summed E-state index contributed by atoms with van der Waals surface area (Å²) in [5, 5.41) is 6.96. The molecule has 1 aliphatic rings. The molecule has 1 heterocycles. The van der Waals surface area contributed by atoms with Gasteiger partial charge in [0.05, 0.1) is 26.9 Å². The van der Waals surface area contributed by atoms with Gasteiger partial charge in [0, 0.05) is 45.1 Å². The highest BCUT2D eigenvalue weighted by Gasteiger charge is 2.14. The van der Waals surface area contributed by atoms with Gasteiger partial charge in [0.25, 0.3) is 0 Å². The molecule has 0 saturated carbocycles. The summed E-state index contributed by atoms with van der Waals surface area (Å²) in [6.45, 7) is 9.00. The highest BCUT2D eigenvalue weighted by Crippen LogP contribution is 2.21. The first-order chi connectivity index (χ1) is 15.8. The van der Waals surface area contributed by atoms with Crippen LogP contribution in [-0.4, -0.2) is 59.1 Å². The van der Waals surface area contributed by atoms with Crippen LogP contribution in [-0.2, 0) is 22.6 Å². The zero-order valence-electron chi connectivity index (χ0n) is 19.7. The number of morpholine rings is 1. The molecule has 33 heavy (non-hydrogen) atoms. The minimum Gasteiger partial charge on any atom is -0.497 e. The Morgan fingerprint density at radius 1 is 1.06 bits per heavy atom. The summed E-state index contributed by atoms with van der Waals surface area (Å²) >= 11 is 0. The zero-order valence-corrected chi connectivity index (χ0v) is 22.0. The third kappa shape index (κ3) is 9.38. The molecule has 0 radical (unpaired) electrons. The number of nitrogens with one attached hydrogen (secondary N) is 2. The lowest BCUT2D eigenvalue weighted by Crippen LogP contribution is -2.39. The summed E-state index contributed by atoms with van der Waals surface area (Å²) < 4.78 is 16.2. The smallest absolute Gasteiger partial charge is 0.191 e. The lowest BCUT2D eigenvalue weighted by molar-refractivity contribution is 0.122. The molecule has 2 aromatic rings. The first-order valence-electron chi connectivity index (χ1n) is 11.4. The van der Waals surface area contributed by atoms with Crippen LogP contribution in [0.2, 0.25) is 0 Å². The van der Waals surface area contributed by atoms with Crippen LogP contribution in [0.1, 0.15) is 24.5 Å². The third-order valence-corrected chi connectivity index (χ3v) is 5.33. The molecular weight excluding hydrogens is 531 g/mol. The van der Waals surface area contributed by atoms with E-state index in [1.165, 1.54) is 11.3 Å². The molecule has 0 atom stereocenters. The SMILES string of the molecule is CCOCCCNC(=NCc1ccc(OC)cc1)NCc1ccccc1N1CCOCC1.I. The molecule has 2 aromatic carbocycles. The number of benzene rings is 2. The molecular formula is C25H37IN4O3. The maximum atomic E-state index is 5.52. The summed E-state index contributed by atoms with van der Waals surface area (Å²) in [7, 11) is 1.68. The van der Waals surface area contributed by atoms with Crippen LogP contribution in [0, 0.1) is 0 Å². The standard InChI is InChI=1S/C25H36N4O3.HI/c1-3-31-16-6-13-26-25(27-19-21-9-11-23(30-2)12-10-21)28-20-22-7-4-5-8-24(22)29-14-17-32-18-15-29;/h4-5,7-12H,3,6,13-20H2,1-2H3,(H2,26,27,28);1H. The Morgan fingerprint density at radius 3 is 2.55 bits per heavy atom. The fourth-order valence-electron chi connectivity index (χ4n) is 3.55. The number of ether oxygens (including phenoxy) is 3. The Hall–Kier alpha value is -2.04. The monoisotopic (exact) mass is 568 g/mol. The van der Waals surface area contributed by atoms with Crippen LogP contribution >= 0.6 is 24.0 Å². The molecule has 7 nitrogen and oxygen atoms in total. The molecule has 182 valence electrons. The Bertz CT molecular complexity index is 827. The van der Waals surface area contributed by atoms with Gasteiger partial charge in [-0.05, 0) is 42.7 Å². The number of anilines is 1. The second kappa shape index (κ2) is 15.7. The minimum atomic E-state index is 0. The fourth-order valence-corrected chi connectivity index (χ4v) is 3.55. The molecule has 0 amide bonds. The minimum absolute atomic E-state index is 0. The van der Waals surface area contributed by atoms with Crippen LogP contribution in [0.25, 0.3) is 0 Å². The number of aliphatic imine (C=N–C) groups is 1. The largest absolute Gasteiger partial charge is 0.497 e. The van der Waals surface area contributed by atoms with E-state index in [-0.39, 0.29) is 24.0 Å². The van der Waals surface area contributed by atoms with Crippen molar-refractivity contribution >= 4 is 35.6 Å². The van der Waals surface area contributed by atoms with Gasteiger partial charge >= 0.3 is 0 Å². The average molecular weight is 569 g/mol. The van der Waals surface area contributed by atoms with Gasteiger partial charge in [0.1, 0.15) is 5.75 Å². The van der Waals surface area contributed by atoms with Crippen molar-refractivity contribution in [3.05, 3.63) is 59.7 Å². The molecule has 1 fully saturated rings. The summed E-state index contributed by atoms with van der Waals surface area (Å²) in [5.74, 6) is 1.65. The van der Waals surface area contributed by atoms with Gasteiger partial charge in [0.2, 0.25) is 0 Å². The number of para-hydroxylation sites is 1. The van der Waals surface area contributed by atoms with E-state index in [0.717, 1.165) is 69.8 Å². The maximum Gasteiger partial charge on any atom is 0.191 e. The van der Waals surface area contributed by atoms with E-state index in [1.807, 2.05) is 31.2 Å². The van der Waals surface area contributed by atoms with Gasteiger partial charge in [-0.2, -0.15) is 0 Å². The van der Waals surface area contributed by atoms with E-state index >= 15 is 0 Å². The van der Waals surface area contributed by atoms with Crippen molar-refractivity contribution in [1.82, 2.24) is 10.6 Å². The quantitative estimate of drug-likeness (QED) is 0.186. The van der Waals surface area contributed by atoms with E-state index in [4.69, 9.17) is 19.2 Å². The van der Waals surface area contributed by atoms with Gasteiger partial charge in [0.15, 0.2) is 5.96 Å². The summed E-state index contributed by atoms with van der Waals surface area (Å²) in [5.41, 5.74) is 3.65. The van der Waals surface area contributed by atoms with Crippen LogP contribution in [0.4, 0.5) is 5.69 Å². The molecule has 1 saturated heterocycles. The Balaban J connectivity index is 0.00000385. The first kappa shape index (κ1) is 27.2. The Morgan fingerprint density at radius 2 is 1.82 bits per heavy atom. The summed E-state index contributed by atoms with van der Waals surface area (Å²) in [6.07, 6.45) is 0.932. The molecule has 0 unspecified atom stereocenters. The van der Waals surface area contributed by atoms with E-state index in [1.54, 1.807) is 7.11 Å². The van der Waals surface area contributed by atoms with Crippen molar-refractivity contribution in [2.24, 2.45) is 4.99 Å². The van der Waals surface area contributed by atoms with E-state index < -0.39 is 0 Å². The number of nitrogens with zero attached hydrogens (tertiary/aromatic N) is 2. The number of methoxy groups -OCH3 is 1. The molecule has 0 aromatic heterocycles. The van der Waals surface area contributed by atoms with Gasteiger partial charge in [-0.15, -0.1) is 24.0 Å². The van der Waals surface area contributed by atoms with Gasteiger partial charge in [-0.25, -0.2) is 4.99 Å². The van der Waals surface area contributed by atoms with Crippen LogP contribution in [0.3, 0.4) is 0 Å². The molecule has 0 aliphatic carbocycles. The average Bonchev–Trinajstić information content (AvgIpc) is 2.86. The molecule has 0 bridgehead atoms. The predicted molar refractivity (Wildman–Crippen MR) is 145 cm³/mol. The lowest BCUT2D eigenvalue weighted by atomic mass is 10.1.